The van der Waals surface area contributed by atoms with Gasteiger partial charge in [0, 0.05) is 35.9 Å². The van der Waals surface area contributed by atoms with Crippen molar-refractivity contribution in [3.63, 3.8) is 0 Å². The summed E-state index contributed by atoms with van der Waals surface area (Å²) in [7, 11) is 0. The van der Waals surface area contributed by atoms with Crippen LogP contribution in [0.3, 0.4) is 0 Å². The largest absolute Gasteiger partial charge is 0.381 e. The number of H-pyrrole nitrogens is 1. The molecular weight excluding hydrogens is 358 g/mol. The molecule has 1 saturated heterocycles. The summed E-state index contributed by atoms with van der Waals surface area (Å²) in [5.41, 5.74) is 3.94. The molecule has 0 bridgehead atoms. The Morgan fingerprint density at radius 2 is 1.88 bits per heavy atom. The van der Waals surface area contributed by atoms with Gasteiger partial charge in [0.15, 0.2) is 11.1 Å². The minimum atomic E-state index is -2.04. The average Bonchev–Trinajstić information content (AvgIpc) is 3.05. The molecule has 3 aromatic rings. The van der Waals surface area contributed by atoms with Gasteiger partial charge in [-0.15, -0.1) is 0 Å². The van der Waals surface area contributed by atoms with Crippen LogP contribution in [0.25, 0.3) is 22.0 Å². The molecule has 1 fully saturated rings. The molecule has 25 heavy (non-hydrogen) atoms. The van der Waals surface area contributed by atoms with Crippen LogP contribution in [0.5, 0.6) is 0 Å². The van der Waals surface area contributed by atoms with Crippen LogP contribution < -0.4 is 0 Å². The van der Waals surface area contributed by atoms with Crippen LogP contribution in [0.4, 0.5) is 0 Å². The Bertz CT molecular complexity index is 930. The third-order valence-corrected chi connectivity index (χ3v) is 5.86. The lowest BCUT2D eigenvalue weighted by molar-refractivity contribution is 0.0853. The molecule has 0 aliphatic carbocycles. The van der Waals surface area contributed by atoms with E-state index < -0.39 is 11.1 Å². The molecule has 0 saturated carbocycles. The molecular formula is C19H18ClNO3S. The van der Waals surface area contributed by atoms with Crippen LogP contribution in [0.1, 0.15) is 24.3 Å². The van der Waals surface area contributed by atoms with Crippen LogP contribution in [0.2, 0.25) is 5.02 Å². The summed E-state index contributed by atoms with van der Waals surface area (Å²) >= 11 is 4.40. The number of rotatable bonds is 3. The van der Waals surface area contributed by atoms with Crippen LogP contribution in [-0.2, 0) is 15.8 Å². The quantitative estimate of drug-likeness (QED) is 0.636. The third kappa shape index (κ3) is 3.25. The van der Waals surface area contributed by atoms with Gasteiger partial charge in [-0.3, -0.25) is 0 Å². The van der Waals surface area contributed by atoms with E-state index in [0.717, 1.165) is 42.7 Å². The van der Waals surface area contributed by atoms with Gasteiger partial charge in [-0.2, -0.15) is 0 Å². The van der Waals surface area contributed by atoms with Crippen LogP contribution >= 0.6 is 11.6 Å². The molecule has 1 aliphatic heterocycles. The predicted octanol–water partition coefficient (Wildman–Crippen LogP) is 4.96. The molecule has 6 heteroatoms. The first-order valence-electron chi connectivity index (χ1n) is 8.23. The number of nitrogens with one attached hydrogen (secondary N) is 1. The summed E-state index contributed by atoms with van der Waals surface area (Å²) in [6.45, 7) is 1.65. The molecule has 0 radical (unpaired) electrons. The summed E-state index contributed by atoms with van der Waals surface area (Å²) < 4.78 is 26.3. The standard InChI is InChI=1S/C19H18ClNO3S/c20-17-10-18-16(19(11-21-18)25(22)23)9-15(17)14-3-1-12(2-4-14)13-5-7-24-8-6-13/h1-4,9-11,13,21H,5-8H2,(H,22,23). The van der Waals surface area contributed by atoms with Crippen molar-refractivity contribution in [1.82, 2.24) is 4.98 Å². The second kappa shape index (κ2) is 6.92. The van der Waals surface area contributed by atoms with E-state index in [0.29, 0.717) is 21.2 Å². The zero-order chi connectivity index (χ0) is 17.4. The van der Waals surface area contributed by atoms with Crippen molar-refractivity contribution in [3.8, 4) is 11.1 Å². The Morgan fingerprint density at radius 1 is 1.16 bits per heavy atom. The Hall–Kier alpha value is -1.66. The zero-order valence-electron chi connectivity index (χ0n) is 13.5. The fourth-order valence-corrected chi connectivity index (χ4v) is 4.24. The Balaban J connectivity index is 1.72. The van der Waals surface area contributed by atoms with Crippen molar-refractivity contribution in [2.75, 3.05) is 13.2 Å². The summed E-state index contributed by atoms with van der Waals surface area (Å²) in [5, 5.41) is 1.33. The zero-order valence-corrected chi connectivity index (χ0v) is 15.1. The highest BCUT2D eigenvalue weighted by Gasteiger charge is 2.17. The lowest BCUT2D eigenvalue weighted by atomic mass is 9.90. The van der Waals surface area contributed by atoms with Crippen LogP contribution in [0.15, 0.2) is 47.5 Å². The summed E-state index contributed by atoms with van der Waals surface area (Å²) in [5.74, 6) is 0.550. The summed E-state index contributed by atoms with van der Waals surface area (Å²) in [6, 6.07) is 12.1. The minimum absolute atomic E-state index is 0.367. The number of hydrogen-bond donors (Lipinski definition) is 2. The van der Waals surface area contributed by atoms with Gasteiger partial charge in [0.2, 0.25) is 0 Å². The van der Waals surface area contributed by atoms with E-state index in [4.69, 9.17) is 16.3 Å². The smallest absolute Gasteiger partial charge is 0.188 e. The van der Waals surface area contributed by atoms with Crippen LogP contribution in [0, 0.1) is 0 Å². The van der Waals surface area contributed by atoms with E-state index in [1.165, 1.54) is 5.56 Å². The van der Waals surface area contributed by atoms with Gasteiger partial charge in [0.1, 0.15) is 0 Å². The van der Waals surface area contributed by atoms with Gasteiger partial charge in [0.05, 0.1) is 9.92 Å². The Morgan fingerprint density at radius 3 is 2.56 bits per heavy atom. The van der Waals surface area contributed by atoms with Gasteiger partial charge in [-0.1, -0.05) is 35.9 Å². The van der Waals surface area contributed by atoms with Gasteiger partial charge in [-0.25, -0.2) is 4.21 Å². The number of ether oxygens (including phenoxy) is 1. The first-order chi connectivity index (χ1) is 12.1. The molecule has 4 nitrogen and oxygen atoms in total. The first-order valence-corrected chi connectivity index (χ1v) is 9.71. The van der Waals surface area contributed by atoms with Gasteiger partial charge >= 0.3 is 0 Å². The highest BCUT2D eigenvalue weighted by Crippen LogP contribution is 2.35. The molecule has 2 aromatic carbocycles. The normalized spacial score (nSPS) is 17.0. The van der Waals surface area contributed by atoms with E-state index in [9.17, 15) is 8.76 Å². The fraction of sp³-hybridized carbons (Fsp3) is 0.263. The first kappa shape index (κ1) is 16.8. The van der Waals surface area contributed by atoms with E-state index >= 15 is 0 Å². The van der Waals surface area contributed by atoms with Crippen molar-refractivity contribution in [3.05, 3.63) is 53.2 Å². The summed E-state index contributed by atoms with van der Waals surface area (Å²) in [6.07, 6.45) is 3.66. The molecule has 1 aromatic heterocycles. The Kier molecular flexibility index (Phi) is 4.65. The lowest BCUT2D eigenvalue weighted by Gasteiger charge is -2.22. The maximum atomic E-state index is 11.5. The van der Waals surface area contributed by atoms with E-state index in [-0.39, 0.29) is 0 Å². The fourth-order valence-electron chi connectivity index (χ4n) is 3.45. The molecule has 2 N–H and O–H groups in total. The van der Waals surface area contributed by atoms with Gasteiger partial charge in [0.25, 0.3) is 0 Å². The lowest BCUT2D eigenvalue weighted by Crippen LogP contribution is -2.13. The molecule has 4 rings (SSSR count). The molecule has 1 unspecified atom stereocenters. The number of fused-ring (bicyclic) bond motifs is 1. The van der Waals surface area contributed by atoms with E-state index in [1.54, 1.807) is 12.3 Å². The molecule has 0 spiro atoms. The summed E-state index contributed by atoms with van der Waals surface area (Å²) in [4.78, 5) is 3.36. The minimum Gasteiger partial charge on any atom is -0.381 e. The van der Waals surface area contributed by atoms with E-state index in [2.05, 4.69) is 29.2 Å². The number of benzene rings is 2. The highest BCUT2D eigenvalue weighted by atomic mass is 35.5. The highest BCUT2D eigenvalue weighted by molar-refractivity contribution is 7.79. The second-order valence-corrected chi connectivity index (χ2v) is 7.63. The van der Waals surface area contributed by atoms with Gasteiger partial charge < -0.3 is 14.3 Å². The van der Waals surface area contributed by atoms with Crippen molar-refractivity contribution in [1.29, 1.82) is 0 Å². The number of hydrogen-bond acceptors (Lipinski definition) is 2. The average molecular weight is 376 g/mol. The Labute approximate surface area is 153 Å². The number of halogens is 1. The van der Waals surface area contributed by atoms with Crippen LogP contribution in [-0.4, -0.2) is 27.0 Å². The predicted molar refractivity (Wildman–Crippen MR) is 101 cm³/mol. The molecule has 130 valence electrons. The van der Waals surface area contributed by atoms with Crippen molar-refractivity contribution >= 4 is 33.6 Å². The maximum Gasteiger partial charge on any atom is 0.188 e. The third-order valence-electron chi connectivity index (χ3n) is 4.83. The number of aromatic amines is 1. The molecule has 0 amide bonds. The molecule has 1 aliphatic rings. The number of aromatic nitrogens is 1. The molecule has 1 atom stereocenters. The van der Waals surface area contributed by atoms with Crippen molar-refractivity contribution < 1.29 is 13.5 Å². The maximum absolute atomic E-state index is 11.5. The monoisotopic (exact) mass is 375 g/mol. The molecule has 2 heterocycles. The topological polar surface area (TPSA) is 62.3 Å². The second-order valence-electron chi connectivity index (χ2n) is 6.29. The SMILES string of the molecule is O=S(O)c1c[nH]c2cc(Cl)c(-c3ccc(C4CCOCC4)cc3)cc12. The van der Waals surface area contributed by atoms with E-state index in [1.807, 2.05) is 6.07 Å². The van der Waals surface area contributed by atoms with Crippen molar-refractivity contribution in [2.24, 2.45) is 0 Å². The van der Waals surface area contributed by atoms with Crippen molar-refractivity contribution in [2.45, 2.75) is 23.7 Å². The van der Waals surface area contributed by atoms with Gasteiger partial charge in [-0.05, 0) is 42.0 Å².